The standard InChI is InChI=1S/C24H25N3O4/c1-17(23(28)26-14-6-7-15-26)31-24(29)21-16-27(19-8-4-3-5-9-19)25-22(21)18-10-12-20(30-2)13-11-18/h3-5,8-13,16-17H,6-7,14-15H2,1-2H3/t17-/m0/s1. The summed E-state index contributed by atoms with van der Waals surface area (Å²) < 4.78 is 12.4. The molecule has 1 saturated heterocycles. The van der Waals surface area contributed by atoms with Gasteiger partial charge in [-0.25, -0.2) is 9.48 Å². The predicted octanol–water partition coefficient (Wildman–Crippen LogP) is 3.72. The summed E-state index contributed by atoms with van der Waals surface area (Å²) >= 11 is 0. The molecule has 0 unspecified atom stereocenters. The first-order chi connectivity index (χ1) is 15.1. The molecule has 2 aromatic carbocycles. The SMILES string of the molecule is COc1ccc(-c2nn(-c3ccccc3)cc2C(=O)O[C@@H](C)C(=O)N2CCCC2)cc1. The Kier molecular flexibility index (Phi) is 6.02. The van der Waals surface area contributed by atoms with E-state index in [9.17, 15) is 9.59 Å². The molecule has 4 rings (SSSR count). The Bertz CT molecular complexity index is 1050. The van der Waals surface area contributed by atoms with Gasteiger partial charge in [0.2, 0.25) is 0 Å². The van der Waals surface area contributed by atoms with Crippen LogP contribution < -0.4 is 4.74 Å². The zero-order valence-corrected chi connectivity index (χ0v) is 17.7. The summed E-state index contributed by atoms with van der Waals surface area (Å²) in [5, 5.41) is 4.64. The molecule has 160 valence electrons. The molecule has 1 aliphatic heterocycles. The van der Waals surface area contributed by atoms with Gasteiger partial charge in [-0.2, -0.15) is 5.10 Å². The second kappa shape index (κ2) is 9.04. The van der Waals surface area contributed by atoms with Crippen LogP contribution in [0.3, 0.4) is 0 Å². The molecule has 1 aromatic heterocycles. The van der Waals surface area contributed by atoms with Crippen LogP contribution in [0.2, 0.25) is 0 Å². The summed E-state index contributed by atoms with van der Waals surface area (Å²) in [7, 11) is 1.60. The zero-order valence-electron chi connectivity index (χ0n) is 17.7. The highest BCUT2D eigenvalue weighted by molar-refractivity contribution is 5.97. The van der Waals surface area contributed by atoms with Crippen molar-refractivity contribution >= 4 is 11.9 Å². The fourth-order valence-corrected chi connectivity index (χ4v) is 3.67. The monoisotopic (exact) mass is 419 g/mol. The van der Waals surface area contributed by atoms with Crippen LogP contribution in [0.1, 0.15) is 30.1 Å². The van der Waals surface area contributed by atoms with Crippen LogP contribution in [0.25, 0.3) is 16.9 Å². The second-order valence-electron chi connectivity index (χ2n) is 7.48. The van der Waals surface area contributed by atoms with E-state index in [0.717, 1.165) is 24.1 Å². The molecule has 1 fully saturated rings. The lowest BCUT2D eigenvalue weighted by atomic mass is 10.1. The van der Waals surface area contributed by atoms with E-state index in [4.69, 9.17) is 9.47 Å². The van der Waals surface area contributed by atoms with E-state index in [1.807, 2.05) is 54.6 Å². The van der Waals surface area contributed by atoms with Crippen molar-refractivity contribution in [3.8, 4) is 22.7 Å². The third kappa shape index (κ3) is 4.45. The van der Waals surface area contributed by atoms with E-state index in [1.54, 1.807) is 29.8 Å². The van der Waals surface area contributed by atoms with Crippen LogP contribution in [0.15, 0.2) is 60.8 Å². The highest BCUT2D eigenvalue weighted by atomic mass is 16.5. The number of methoxy groups -OCH3 is 1. The Labute approximate surface area is 181 Å². The fraction of sp³-hybridized carbons (Fsp3) is 0.292. The maximum atomic E-state index is 13.1. The Balaban J connectivity index is 1.64. The molecular formula is C24H25N3O4. The molecule has 7 heteroatoms. The van der Waals surface area contributed by atoms with E-state index >= 15 is 0 Å². The molecule has 0 N–H and O–H groups in total. The highest BCUT2D eigenvalue weighted by Gasteiger charge is 2.28. The van der Waals surface area contributed by atoms with Gasteiger partial charge in [0.05, 0.1) is 12.8 Å². The molecule has 3 aromatic rings. The number of benzene rings is 2. The van der Waals surface area contributed by atoms with Crippen LogP contribution in [0, 0.1) is 0 Å². The predicted molar refractivity (Wildman–Crippen MR) is 116 cm³/mol. The molecule has 0 spiro atoms. The number of rotatable bonds is 6. The van der Waals surface area contributed by atoms with E-state index in [1.165, 1.54) is 0 Å². The molecule has 1 aliphatic rings. The van der Waals surface area contributed by atoms with Crippen LogP contribution >= 0.6 is 0 Å². The number of aromatic nitrogens is 2. The minimum atomic E-state index is -0.852. The molecular weight excluding hydrogens is 394 g/mol. The van der Waals surface area contributed by atoms with Crippen molar-refractivity contribution in [2.45, 2.75) is 25.9 Å². The number of para-hydroxylation sites is 1. The fourth-order valence-electron chi connectivity index (χ4n) is 3.67. The number of hydrogen-bond donors (Lipinski definition) is 0. The Morgan fingerprint density at radius 1 is 1.00 bits per heavy atom. The number of hydrogen-bond acceptors (Lipinski definition) is 5. The number of likely N-dealkylation sites (tertiary alicyclic amines) is 1. The van der Waals surface area contributed by atoms with Crippen molar-refractivity contribution in [2.24, 2.45) is 0 Å². The van der Waals surface area contributed by atoms with Crippen molar-refractivity contribution < 1.29 is 19.1 Å². The van der Waals surface area contributed by atoms with E-state index in [0.29, 0.717) is 30.1 Å². The number of nitrogens with zero attached hydrogens (tertiary/aromatic N) is 3. The lowest BCUT2D eigenvalue weighted by Gasteiger charge is -2.20. The summed E-state index contributed by atoms with van der Waals surface area (Å²) in [6, 6.07) is 16.8. The summed E-state index contributed by atoms with van der Waals surface area (Å²) in [6.45, 7) is 3.04. The van der Waals surface area contributed by atoms with E-state index < -0.39 is 12.1 Å². The van der Waals surface area contributed by atoms with Crippen LogP contribution in [-0.4, -0.2) is 52.9 Å². The van der Waals surface area contributed by atoms with Gasteiger partial charge in [-0.1, -0.05) is 18.2 Å². The van der Waals surface area contributed by atoms with Gasteiger partial charge in [0, 0.05) is 24.8 Å². The lowest BCUT2D eigenvalue weighted by Crippen LogP contribution is -2.38. The zero-order chi connectivity index (χ0) is 21.8. The number of ether oxygens (including phenoxy) is 2. The minimum absolute atomic E-state index is 0.160. The summed E-state index contributed by atoms with van der Waals surface area (Å²) in [4.78, 5) is 27.4. The van der Waals surface area contributed by atoms with Crippen molar-refractivity contribution in [3.05, 3.63) is 66.4 Å². The van der Waals surface area contributed by atoms with Crippen molar-refractivity contribution in [2.75, 3.05) is 20.2 Å². The number of carbonyl (C=O) groups excluding carboxylic acids is 2. The first-order valence-corrected chi connectivity index (χ1v) is 10.4. The maximum Gasteiger partial charge on any atom is 0.342 e. The van der Waals surface area contributed by atoms with Crippen molar-refractivity contribution in [1.82, 2.24) is 14.7 Å². The van der Waals surface area contributed by atoms with Crippen LogP contribution in [0.5, 0.6) is 5.75 Å². The largest absolute Gasteiger partial charge is 0.497 e. The molecule has 1 amide bonds. The van der Waals surface area contributed by atoms with Gasteiger partial charge in [0.1, 0.15) is 17.0 Å². The smallest absolute Gasteiger partial charge is 0.342 e. The summed E-state index contributed by atoms with van der Waals surface area (Å²) in [5.74, 6) is -0.0273. The number of esters is 1. The van der Waals surface area contributed by atoms with Gasteiger partial charge in [-0.15, -0.1) is 0 Å². The molecule has 1 atom stereocenters. The molecule has 7 nitrogen and oxygen atoms in total. The molecule has 0 saturated carbocycles. The first-order valence-electron chi connectivity index (χ1n) is 10.4. The van der Waals surface area contributed by atoms with Crippen molar-refractivity contribution in [1.29, 1.82) is 0 Å². The summed E-state index contributed by atoms with van der Waals surface area (Å²) in [6.07, 6.45) is 2.76. The third-order valence-corrected chi connectivity index (χ3v) is 5.37. The Hall–Kier alpha value is -3.61. The third-order valence-electron chi connectivity index (χ3n) is 5.37. The average Bonchev–Trinajstić information content (AvgIpc) is 3.50. The van der Waals surface area contributed by atoms with Gasteiger partial charge >= 0.3 is 5.97 Å². The molecule has 0 aliphatic carbocycles. The molecule has 2 heterocycles. The normalized spacial score (nSPS) is 14.3. The van der Waals surface area contributed by atoms with Crippen LogP contribution in [0.4, 0.5) is 0 Å². The average molecular weight is 419 g/mol. The van der Waals surface area contributed by atoms with Gasteiger partial charge in [0.15, 0.2) is 6.10 Å². The lowest BCUT2D eigenvalue weighted by molar-refractivity contribution is -0.138. The minimum Gasteiger partial charge on any atom is -0.497 e. The van der Waals surface area contributed by atoms with E-state index in [2.05, 4.69) is 5.10 Å². The van der Waals surface area contributed by atoms with Gasteiger partial charge in [-0.05, 0) is 56.2 Å². The van der Waals surface area contributed by atoms with Crippen molar-refractivity contribution in [3.63, 3.8) is 0 Å². The highest BCUT2D eigenvalue weighted by Crippen LogP contribution is 2.27. The topological polar surface area (TPSA) is 73.7 Å². The molecule has 0 radical (unpaired) electrons. The Morgan fingerprint density at radius 2 is 1.68 bits per heavy atom. The Morgan fingerprint density at radius 3 is 2.32 bits per heavy atom. The van der Waals surface area contributed by atoms with Gasteiger partial charge < -0.3 is 14.4 Å². The molecule has 0 bridgehead atoms. The number of carbonyl (C=O) groups is 2. The van der Waals surface area contributed by atoms with Gasteiger partial charge in [0.25, 0.3) is 5.91 Å². The molecule has 31 heavy (non-hydrogen) atoms. The second-order valence-corrected chi connectivity index (χ2v) is 7.48. The maximum absolute atomic E-state index is 13.1. The quantitative estimate of drug-likeness (QED) is 0.570. The van der Waals surface area contributed by atoms with E-state index in [-0.39, 0.29) is 5.91 Å². The number of amides is 1. The first kappa shape index (κ1) is 20.7. The van der Waals surface area contributed by atoms with Gasteiger partial charge in [-0.3, -0.25) is 4.79 Å². The van der Waals surface area contributed by atoms with Crippen LogP contribution in [-0.2, 0) is 9.53 Å². The summed E-state index contributed by atoms with van der Waals surface area (Å²) in [5.41, 5.74) is 2.35.